The van der Waals surface area contributed by atoms with Gasteiger partial charge in [0, 0.05) is 40.9 Å². The lowest BCUT2D eigenvalue weighted by molar-refractivity contribution is -0.330. The second kappa shape index (κ2) is 11.9. The second-order valence-corrected chi connectivity index (χ2v) is 14.7. The molecule has 2 aromatic heterocycles. The lowest BCUT2D eigenvalue weighted by atomic mass is 9.42. The van der Waals surface area contributed by atoms with Crippen molar-refractivity contribution in [1.82, 2.24) is 4.98 Å². The molecule has 2 aliphatic heterocycles. The maximum absolute atomic E-state index is 13.8. The Morgan fingerprint density at radius 1 is 1.04 bits per heavy atom. The largest absolute Gasteiger partial charge is 0.482 e. The van der Waals surface area contributed by atoms with E-state index in [1.807, 2.05) is 37.3 Å². The number of ether oxygens (including phenoxy) is 4. The number of rotatable bonds is 4. The van der Waals surface area contributed by atoms with Gasteiger partial charge in [0.15, 0.2) is 6.29 Å². The number of aromatic nitrogens is 1. The van der Waals surface area contributed by atoms with Crippen LogP contribution in [-0.4, -0.2) is 40.5 Å². The van der Waals surface area contributed by atoms with Gasteiger partial charge in [0.1, 0.15) is 28.8 Å². The van der Waals surface area contributed by atoms with Gasteiger partial charge in [-0.2, -0.15) is 5.26 Å². The van der Waals surface area contributed by atoms with Crippen LogP contribution in [0.3, 0.4) is 0 Å². The Morgan fingerprint density at radius 3 is 2.62 bits per heavy atom. The lowest BCUT2D eigenvalue weighted by Gasteiger charge is -2.67. The SMILES string of the molecule is CC12COC(c3ccccc3)O[C@H]1CC[C@@]1(C)C2C[C@H](OC(=O)c2cccc(C#N)c2)[C@@]2(C)Oc3cc(-c4cccnc4)oc(=O)c3[C@H](O)C12. The number of nitriles is 1. The molecule has 2 saturated carbocycles. The maximum atomic E-state index is 13.8. The first kappa shape index (κ1) is 32.4. The van der Waals surface area contributed by atoms with Gasteiger partial charge in [-0.1, -0.05) is 50.2 Å². The van der Waals surface area contributed by atoms with E-state index in [0.29, 0.717) is 37.0 Å². The van der Waals surface area contributed by atoms with E-state index in [1.54, 1.807) is 48.8 Å². The van der Waals surface area contributed by atoms with Crippen LogP contribution in [0.1, 0.15) is 79.5 Å². The van der Waals surface area contributed by atoms with Crippen LogP contribution >= 0.6 is 0 Å². The van der Waals surface area contributed by atoms with Crippen LogP contribution in [0.15, 0.2) is 94.4 Å². The van der Waals surface area contributed by atoms with E-state index in [-0.39, 0.29) is 34.7 Å². The summed E-state index contributed by atoms with van der Waals surface area (Å²) in [5, 5.41) is 21.9. The van der Waals surface area contributed by atoms with Gasteiger partial charge >= 0.3 is 11.6 Å². The summed E-state index contributed by atoms with van der Waals surface area (Å²) in [6.45, 7) is 6.54. The zero-order chi connectivity index (χ0) is 34.8. The number of aliphatic hydroxyl groups excluding tert-OH is 1. The number of hydrogen-bond donors (Lipinski definition) is 1. The van der Waals surface area contributed by atoms with E-state index in [1.165, 1.54) is 6.07 Å². The first-order valence-electron chi connectivity index (χ1n) is 17.0. The van der Waals surface area contributed by atoms with Gasteiger partial charge in [-0.15, -0.1) is 0 Å². The fraction of sp³-hybridized carbons (Fsp3) is 0.400. The third-order valence-electron chi connectivity index (χ3n) is 11.9. The second-order valence-electron chi connectivity index (χ2n) is 14.7. The minimum atomic E-state index is -1.29. The van der Waals surface area contributed by atoms with Gasteiger partial charge in [-0.3, -0.25) is 4.98 Å². The van der Waals surface area contributed by atoms with Crippen LogP contribution in [0, 0.1) is 34.0 Å². The van der Waals surface area contributed by atoms with E-state index >= 15 is 0 Å². The maximum Gasteiger partial charge on any atom is 0.345 e. The Balaban J connectivity index is 1.22. The zero-order valence-electron chi connectivity index (χ0n) is 28.1. The van der Waals surface area contributed by atoms with Crippen molar-refractivity contribution < 1.29 is 33.3 Å². The van der Waals surface area contributed by atoms with Crippen LogP contribution < -0.4 is 10.4 Å². The predicted molar refractivity (Wildman–Crippen MR) is 180 cm³/mol. The molecule has 0 radical (unpaired) electrons. The minimum Gasteiger partial charge on any atom is -0.482 e. The van der Waals surface area contributed by atoms with Crippen LogP contribution in [0.4, 0.5) is 0 Å². The summed E-state index contributed by atoms with van der Waals surface area (Å²) >= 11 is 0. The fourth-order valence-electron chi connectivity index (χ4n) is 9.55. The molecule has 2 aromatic carbocycles. The van der Waals surface area contributed by atoms with E-state index in [2.05, 4.69) is 24.9 Å². The summed E-state index contributed by atoms with van der Waals surface area (Å²) in [7, 11) is 0. The molecule has 2 aliphatic carbocycles. The van der Waals surface area contributed by atoms with Gasteiger partial charge in [-0.05, 0) is 67.9 Å². The third-order valence-corrected chi connectivity index (χ3v) is 11.9. The normalized spacial score (nSPS) is 34.1. The molecule has 4 heterocycles. The highest BCUT2D eigenvalue weighted by molar-refractivity contribution is 5.90. The van der Waals surface area contributed by atoms with Crippen LogP contribution in [0.5, 0.6) is 5.75 Å². The van der Waals surface area contributed by atoms with E-state index in [0.717, 1.165) is 5.56 Å². The summed E-state index contributed by atoms with van der Waals surface area (Å²) in [5.41, 5.74) is -0.953. The van der Waals surface area contributed by atoms with Crippen molar-refractivity contribution in [3.63, 3.8) is 0 Å². The van der Waals surface area contributed by atoms with Crippen molar-refractivity contribution in [3.05, 3.63) is 118 Å². The van der Waals surface area contributed by atoms with Crippen molar-refractivity contribution in [2.24, 2.45) is 22.7 Å². The molecule has 8 rings (SSSR count). The summed E-state index contributed by atoms with van der Waals surface area (Å²) in [6, 6.07) is 23.4. The number of esters is 1. The molecule has 4 unspecified atom stereocenters. The first-order chi connectivity index (χ1) is 24.0. The van der Waals surface area contributed by atoms with Gasteiger partial charge in [0.05, 0.1) is 36.0 Å². The van der Waals surface area contributed by atoms with Crippen molar-refractivity contribution in [2.75, 3.05) is 6.61 Å². The number of carbonyl (C=O) groups is 1. The van der Waals surface area contributed by atoms with E-state index in [9.17, 15) is 20.0 Å². The molecule has 0 spiro atoms. The lowest BCUT2D eigenvalue weighted by Crippen LogP contribution is -2.71. The van der Waals surface area contributed by atoms with Crippen molar-refractivity contribution in [1.29, 1.82) is 5.26 Å². The Bertz CT molecular complexity index is 2050. The molecule has 4 aromatic rings. The molecule has 10 heteroatoms. The molecule has 256 valence electrons. The Labute approximate surface area is 289 Å². The van der Waals surface area contributed by atoms with E-state index in [4.69, 9.17) is 23.4 Å². The Morgan fingerprint density at radius 2 is 1.86 bits per heavy atom. The molecule has 0 amide bonds. The molecular weight excluding hydrogens is 636 g/mol. The van der Waals surface area contributed by atoms with Crippen molar-refractivity contribution >= 4 is 5.97 Å². The summed E-state index contributed by atoms with van der Waals surface area (Å²) < 4.78 is 32.1. The fourth-order valence-corrected chi connectivity index (χ4v) is 9.55. The number of benzene rings is 2. The van der Waals surface area contributed by atoms with Gasteiger partial charge < -0.3 is 28.5 Å². The quantitative estimate of drug-likeness (QED) is 0.237. The average molecular weight is 675 g/mol. The highest BCUT2D eigenvalue weighted by atomic mass is 16.7. The monoisotopic (exact) mass is 674 g/mol. The van der Waals surface area contributed by atoms with Crippen LogP contribution in [0.25, 0.3) is 11.3 Å². The zero-order valence-corrected chi connectivity index (χ0v) is 28.1. The van der Waals surface area contributed by atoms with Crippen molar-refractivity contribution in [2.45, 2.75) is 70.2 Å². The molecule has 3 fully saturated rings. The summed E-state index contributed by atoms with van der Waals surface area (Å²) in [5.74, 6) is -1.04. The number of fused-ring (bicyclic) bond motifs is 6. The Hall–Kier alpha value is -4.82. The Kier molecular flexibility index (Phi) is 7.71. The summed E-state index contributed by atoms with van der Waals surface area (Å²) in [4.78, 5) is 31.7. The molecule has 4 aliphatic rings. The van der Waals surface area contributed by atoms with Crippen LogP contribution in [0.2, 0.25) is 0 Å². The molecule has 10 nitrogen and oxygen atoms in total. The van der Waals surface area contributed by atoms with Gasteiger partial charge in [-0.25, -0.2) is 9.59 Å². The topological polar surface area (TPSA) is 141 Å². The summed E-state index contributed by atoms with van der Waals surface area (Å²) in [6.07, 6.45) is 2.12. The van der Waals surface area contributed by atoms with E-state index < -0.39 is 52.4 Å². The number of aliphatic hydroxyl groups is 1. The standard InChI is InChI=1S/C40H38N2O8/c1-38-15-14-30-39(2,22-46-37(49-30)24-10-5-4-6-11-24)29(38)19-31(48-35(44)25-12-7-9-23(17-25)20-41)40(3)34(38)33(43)32-28(50-40)18-27(47-36(32)45)26-13-8-16-42-21-26/h4-13,16-18,21,29-31,33-34,37,43H,14-15,19,22H2,1-3H3/t29?,30-,31-,33-,34?,37?,38-,39?,40+/m0/s1. The molecule has 50 heavy (non-hydrogen) atoms. The number of nitrogens with zero attached hydrogens (tertiary/aromatic N) is 2. The third kappa shape index (κ3) is 4.98. The predicted octanol–water partition coefficient (Wildman–Crippen LogP) is 6.54. The minimum absolute atomic E-state index is 0.0429. The number of hydrogen-bond acceptors (Lipinski definition) is 10. The van der Waals surface area contributed by atoms with Crippen molar-refractivity contribution in [3.8, 4) is 23.1 Å². The smallest absolute Gasteiger partial charge is 0.345 e. The molecule has 0 bridgehead atoms. The highest BCUT2D eigenvalue weighted by Crippen LogP contribution is 2.68. The molecule has 1 N–H and O–H groups in total. The number of pyridine rings is 1. The van der Waals surface area contributed by atoms with Gasteiger partial charge in [0.25, 0.3) is 0 Å². The van der Waals surface area contributed by atoms with Gasteiger partial charge in [0.2, 0.25) is 0 Å². The first-order valence-corrected chi connectivity index (χ1v) is 17.0. The average Bonchev–Trinajstić information content (AvgIpc) is 3.12. The molecule has 1 saturated heterocycles. The molecular formula is C40H38N2O8. The molecule has 9 atom stereocenters. The number of carbonyl (C=O) groups excluding carboxylic acids is 1. The van der Waals surface area contributed by atoms with Crippen LogP contribution in [-0.2, 0) is 14.2 Å². The highest BCUT2D eigenvalue weighted by Gasteiger charge is 2.71.